The first kappa shape index (κ1) is 20.6. The number of benzene rings is 2. The number of nitrogens with one attached hydrogen (secondary N) is 1. The molecule has 2 heterocycles. The Morgan fingerprint density at radius 2 is 1.66 bits per heavy atom. The van der Waals surface area contributed by atoms with Crippen LogP contribution in [0.25, 0.3) is 11.4 Å². The van der Waals surface area contributed by atoms with Crippen molar-refractivity contribution in [2.45, 2.75) is 31.8 Å². The molecule has 1 saturated carbocycles. The van der Waals surface area contributed by atoms with Gasteiger partial charge < -0.3 is 5.32 Å². The molecule has 3 amide bonds. The van der Waals surface area contributed by atoms with Crippen molar-refractivity contribution in [3.63, 3.8) is 0 Å². The summed E-state index contributed by atoms with van der Waals surface area (Å²) in [5.74, 6) is -1.02. The molecule has 0 saturated heterocycles. The Bertz CT molecular complexity index is 1230. The Labute approximate surface area is 192 Å². The van der Waals surface area contributed by atoms with Gasteiger partial charge in [-0.15, -0.1) is 5.10 Å². The molecule has 3 aromatic rings. The van der Waals surface area contributed by atoms with Gasteiger partial charge in [0, 0.05) is 11.3 Å². The van der Waals surface area contributed by atoms with Gasteiger partial charge in [-0.2, -0.15) is 0 Å². The number of hydrogen-bond acceptors (Lipinski definition) is 6. The summed E-state index contributed by atoms with van der Waals surface area (Å²) in [4.78, 5) is 39.2. The standard InChI is InChI=1S/C21H16Cl2N6O3/c1-10(28-20(31)14-8-16(22)17(23)9-15(14)21(28)32)19(30)24-12-4-2-11(3-5-12)18-25-26-27-29(18)13-6-7-13/h2-5,8-10,13H,6-7H2,1H3,(H,24,30). The molecule has 0 bridgehead atoms. The SMILES string of the molecule is CC(C(=O)Nc1ccc(-c2nnnn2C2CC2)cc1)N1C(=O)c2cc(Cl)c(Cl)cc2C1=O. The van der Waals surface area contributed by atoms with Crippen molar-refractivity contribution in [2.24, 2.45) is 0 Å². The maximum atomic E-state index is 12.8. The molecule has 162 valence electrons. The van der Waals surface area contributed by atoms with Crippen LogP contribution in [0.15, 0.2) is 36.4 Å². The second-order valence-corrected chi connectivity index (χ2v) is 8.53. The number of imide groups is 1. The summed E-state index contributed by atoms with van der Waals surface area (Å²) in [6.07, 6.45) is 2.11. The van der Waals surface area contributed by atoms with E-state index in [1.54, 1.807) is 28.9 Å². The quantitative estimate of drug-likeness (QED) is 0.570. The molecule has 1 aliphatic carbocycles. The number of rotatable bonds is 5. The second kappa shape index (κ2) is 7.68. The predicted molar refractivity (Wildman–Crippen MR) is 117 cm³/mol. The number of hydrogen-bond donors (Lipinski definition) is 1. The van der Waals surface area contributed by atoms with Gasteiger partial charge in [0.1, 0.15) is 6.04 Å². The van der Waals surface area contributed by atoms with E-state index >= 15 is 0 Å². The zero-order valence-electron chi connectivity index (χ0n) is 16.7. The minimum Gasteiger partial charge on any atom is -0.324 e. The second-order valence-electron chi connectivity index (χ2n) is 7.71. The molecule has 32 heavy (non-hydrogen) atoms. The van der Waals surface area contributed by atoms with E-state index in [0.29, 0.717) is 17.6 Å². The Morgan fingerprint density at radius 3 is 2.22 bits per heavy atom. The van der Waals surface area contributed by atoms with Crippen LogP contribution in [0.1, 0.15) is 46.5 Å². The van der Waals surface area contributed by atoms with Crippen LogP contribution in [0.4, 0.5) is 5.69 Å². The first-order chi connectivity index (χ1) is 15.3. The van der Waals surface area contributed by atoms with Crippen LogP contribution in [0.2, 0.25) is 10.0 Å². The number of tetrazole rings is 1. The number of amides is 3. The number of carbonyl (C=O) groups excluding carboxylic acids is 3. The Hall–Kier alpha value is -3.30. The van der Waals surface area contributed by atoms with Crippen LogP contribution >= 0.6 is 23.2 Å². The smallest absolute Gasteiger partial charge is 0.262 e. The molecule has 0 spiro atoms. The Kier molecular flexibility index (Phi) is 4.94. The van der Waals surface area contributed by atoms with E-state index in [2.05, 4.69) is 20.8 Å². The van der Waals surface area contributed by atoms with Crippen LogP contribution in [-0.2, 0) is 4.79 Å². The molecule has 0 radical (unpaired) electrons. The number of anilines is 1. The van der Waals surface area contributed by atoms with Gasteiger partial charge >= 0.3 is 0 Å². The molecule has 1 N–H and O–H groups in total. The van der Waals surface area contributed by atoms with Gasteiger partial charge in [-0.25, -0.2) is 4.68 Å². The summed E-state index contributed by atoms with van der Waals surface area (Å²) in [5.41, 5.74) is 1.59. The lowest BCUT2D eigenvalue weighted by molar-refractivity contribution is -0.119. The van der Waals surface area contributed by atoms with Crippen LogP contribution in [-0.4, -0.2) is 48.9 Å². The lowest BCUT2D eigenvalue weighted by Crippen LogP contribution is -2.45. The summed E-state index contributed by atoms with van der Waals surface area (Å²) in [6.45, 7) is 1.48. The number of aromatic nitrogens is 4. The summed E-state index contributed by atoms with van der Waals surface area (Å²) in [7, 11) is 0. The molecule has 1 atom stereocenters. The minimum absolute atomic E-state index is 0.127. The number of nitrogens with zero attached hydrogens (tertiary/aromatic N) is 5. The zero-order chi connectivity index (χ0) is 22.6. The summed E-state index contributed by atoms with van der Waals surface area (Å²) in [6, 6.07) is 9.03. The molecule has 1 fully saturated rings. The fourth-order valence-corrected chi connectivity index (χ4v) is 3.95. The zero-order valence-corrected chi connectivity index (χ0v) is 18.3. The van der Waals surface area contributed by atoms with Gasteiger partial charge in [-0.3, -0.25) is 19.3 Å². The van der Waals surface area contributed by atoms with Crippen molar-refractivity contribution in [3.8, 4) is 11.4 Å². The van der Waals surface area contributed by atoms with E-state index < -0.39 is 23.8 Å². The number of carbonyl (C=O) groups is 3. The number of fused-ring (bicyclic) bond motifs is 1. The average molecular weight is 471 g/mol. The third-order valence-corrected chi connectivity index (χ3v) is 6.24. The minimum atomic E-state index is -1.04. The van der Waals surface area contributed by atoms with E-state index in [-0.39, 0.29) is 21.2 Å². The van der Waals surface area contributed by atoms with E-state index in [9.17, 15) is 14.4 Å². The molecule has 5 rings (SSSR count). The van der Waals surface area contributed by atoms with Crippen molar-refractivity contribution in [1.82, 2.24) is 25.1 Å². The fraction of sp³-hybridized carbons (Fsp3) is 0.238. The van der Waals surface area contributed by atoms with Crippen molar-refractivity contribution >= 4 is 46.6 Å². The van der Waals surface area contributed by atoms with Gasteiger partial charge in [0.15, 0.2) is 5.82 Å². The van der Waals surface area contributed by atoms with Crippen LogP contribution in [0, 0.1) is 0 Å². The van der Waals surface area contributed by atoms with E-state index in [0.717, 1.165) is 23.3 Å². The lowest BCUT2D eigenvalue weighted by atomic mass is 10.1. The van der Waals surface area contributed by atoms with Gasteiger partial charge in [0.2, 0.25) is 5.91 Å². The monoisotopic (exact) mass is 470 g/mol. The summed E-state index contributed by atoms with van der Waals surface area (Å²) >= 11 is 12.0. The molecule has 2 aromatic carbocycles. The van der Waals surface area contributed by atoms with Crippen LogP contribution < -0.4 is 5.32 Å². The molecular weight excluding hydrogens is 455 g/mol. The van der Waals surface area contributed by atoms with Crippen molar-refractivity contribution in [3.05, 3.63) is 57.6 Å². The Balaban J connectivity index is 1.31. The molecule has 1 unspecified atom stereocenters. The van der Waals surface area contributed by atoms with Crippen molar-refractivity contribution < 1.29 is 14.4 Å². The van der Waals surface area contributed by atoms with Crippen LogP contribution in [0.5, 0.6) is 0 Å². The maximum Gasteiger partial charge on any atom is 0.262 e. The number of halogens is 2. The normalized spacial score (nSPS) is 16.3. The fourth-order valence-electron chi connectivity index (χ4n) is 3.62. The third-order valence-electron chi connectivity index (χ3n) is 5.52. The Morgan fingerprint density at radius 1 is 1.06 bits per heavy atom. The topological polar surface area (TPSA) is 110 Å². The molecule has 2 aliphatic rings. The molecular formula is C21H16Cl2N6O3. The highest BCUT2D eigenvalue weighted by Crippen LogP contribution is 2.37. The first-order valence-corrected chi connectivity index (χ1v) is 10.7. The summed E-state index contributed by atoms with van der Waals surface area (Å²) in [5, 5.41) is 14.9. The van der Waals surface area contributed by atoms with Gasteiger partial charge in [-0.05, 0) is 66.6 Å². The summed E-state index contributed by atoms with van der Waals surface area (Å²) < 4.78 is 1.80. The van der Waals surface area contributed by atoms with Crippen molar-refractivity contribution in [1.29, 1.82) is 0 Å². The molecule has 1 aliphatic heterocycles. The highest BCUT2D eigenvalue weighted by molar-refractivity contribution is 6.43. The van der Waals surface area contributed by atoms with Gasteiger partial charge in [0.05, 0.1) is 27.2 Å². The van der Waals surface area contributed by atoms with Crippen molar-refractivity contribution in [2.75, 3.05) is 5.32 Å². The lowest BCUT2D eigenvalue weighted by Gasteiger charge is -2.21. The van der Waals surface area contributed by atoms with Gasteiger partial charge in [-0.1, -0.05) is 23.2 Å². The molecule has 1 aromatic heterocycles. The average Bonchev–Trinajstić information content (AvgIpc) is 3.46. The predicted octanol–water partition coefficient (Wildman–Crippen LogP) is 3.61. The highest BCUT2D eigenvalue weighted by atomic mass is 35.5. The van der Waals surface area contributed by atoms with Crippen LogP contribution in [0.3, 0.4) is 0 Å². The van der Waals surface area contributed by atoms with E-state index in [1.807, 2.05) is 0 Å². The highest BCUT2D eigenvalue weighted by Gasteiger charge is 2.41. The maximum absolute atomic E-state index is 12.8. The molecule has 9 nitrogen and oxygen atoms in total. The largest absolute Gasteiger partial charge is 0.324 e. The van der Waals surface area contributed by atoms with Gasteiger partial charge in [0.25, 0.3) is 11.8 Å². The first-order valence-electron chi connectivity index (χ1n) is 9.91. The molecule has 11 heteroatoms. The van der Waals surface area contributed by atoms with E-state index in [1.165, 1.54) is 19.1 Å². The van der Waals surface area contributed by atoms with E-state index in [4.69, 9.17) is 23.2 Å². The third kappa shape index (κ3) is 3.43.